The lowest BCUT2D eigenvalue weighted by Gasteiger charge is -2.30. The number of rotatable bonds is 5. The van der Waals surface area contributed by atoms with Gasteiger partial charge < -0.3 is 15.8 Å². The third kappa shape index (κ3) is 4.38. The molecule has 0 amide bonds. The molecule has 0 spiro atoms. The van der Waals surface area contributed by atoms with Gasteiger partial charge in [-0.05, 0) is 57.0 Å². The van der Waals surface area contributed by atoms with E-state index >= 15 is 0 Å². The Bertz CT molecular complexity index is 1030. The average molecular weight is 480 g/mol. The molecule has 1 saturated heterocycles. The largest absolute Gasteiger partial charge is 0.486 e. The Morgan fingerprint density at radius 1 is 1.28 bits per heavy atom. The molecule has 6 nitrogen and oxygen atoms in total. The van der Waals surface area contributed by atoms with Crippen molar-refractivity contribution in [1.29, 1.82) is 0 Å². The summed E-state index contributed by atoms with van der Waals surface area (Å²) in [7, 11) is 0. The van der Waals surface area contributed by atoms with Crippen LogP contribution < -0.4 is 11.1 Å². The van der Waals surface area contributed by atoms with Crippen LogP contribution in [0.25, 0.3) is 0 Å². The van der Waals surface area contributed by atoms with Crippen molar-refractivity contribution < 1.29 is 9.13 Å². The summed E-state index contributed by atoms with van der Waals surface area (Å²) in [6.07, 6.45) is 7.34. The molecule has 1 fully saturated rings. The molecule has 3 unspecified atom stereocenters. The molecule has 3 heterocycles. The summed E-state index contributed by atoms with van der Waals surface area (Å²) >= 11 is 12.7. The number of ether oxygens (including phenoxy) is 1. The van der Waals surface area contributed by atoms with Crippen molar-refractivity contribution in [2.75, 3.05) is 13.1 Å². The van der Waals surface area contributed by atoms with Crippen molar-refractivity contribution in [3.05, 3.63) is 62.6 Å². The number of aromatic nitrogens is 2. The molecule has 0 aliphatic carbocycles. The summed E-state index contributed by atoms with van der Waals surface area (Å²) in [6.45, 7) is 7.55. The molecular formula is C23H28Cl2FN5O. The van der Waals surface area contributed by atoms with Gasteiger partial charge in [0.05, 0.1) is 22.3 Å². The van der Waals surface area contributed by atoms with Crippen molar-refractivity contribution in [2.45, 2.75) is 51.7 Å². The van der Waals surface area contributed by atoms with Crippen LogP contribution in [-0.4, -0.2) is 29.1 Å². The first-order chi connectivity index (χ1) is 15.3. The Labute approximate surface area is 197 Å². The Balaban J connectivity index is 1.56. The summed E-state index contributed by atoms with van der Waals surface area (Å²) in [6, 6.07) is 1.72. The highest BCUT2D eigenvalue weighted by molar-refractivity contribution is 6.36. The normalized spacial score (nSPS) is 22.9. The van der Waals surface area contributed by atoms with Crippen molar-refractivity contribution >= 4 is 29.4 Å². The topological polar surface area (TPSA) is 77.5 Å². The van der Waals surface area contributed by atoms with Crippen molar-refractivity contribution in [3.8, 4) is 0 Å². The maximum Gasteiger partial charge on any atom is 0.161 e. The molecular weight excluding hydrogens is 452 g/mol. The van der Waals surface area contributed by atoms with Gasteiger partial charge in [0.25, 0.3) is 0 Å². The first-order valence-electron chi connectivity index (χ1n) is 10.9. The smallest absolute Gasteiger partial charge is 0.161 e. The number of hydrogen-bond acceptors (Lipinski definition) is 5. The van der Waals surface area contributed by atoms with Crippen molar-refractivity contribution in [3.63, 3.8) is 0 Å². The lowest BCUT2D eigenvalue weighted by molar-refractivity contribution is 0.103. The maximum atomic E-state index is 14.2. The molecule has 0 bridgehead atoms. The fourth-order valence-electron chi connectivity index (χ4n) is 4.45. The second-order valence-corrected chi connectivity index (χ2v) is 9.31. The average Bonchev–Trinajstić information content (AvgIpc) is 3.26. The zero-order valence-electron chi connectivity index (χ0n) is 18.4. The van der Waals surface area contributed by atoms with Gasteiger partial charge in [-0.2, -0.15) is 5.10 Å². The molecule has 0 saturated carbocycles. The van der Waals surface area contributed by atoms with E-state index in [1.54, 1.807) is 13.8 Å². The Morgan fingerprint density at radius 2 is 2.00 bits per heavy atom. The Hall–Kier alpha value is -2.09. The predicted octanol–water partition coefficient (Wildman–Crippen LogP) is 5.27. The molecule has 1 aromatic heterocycles. The third-order valence-electron chi connectivity index (χ3n) is 6.35. The second kappa shape index (κ2) is 9.41. The van der Waals surface area contributed by atoms with E-state index in [4.69, 9.17) is 33.7 Å². The Kier molecular flexibility index (Phi) is 6.79. The van der Waals surface area contributed by atoms with E-state index in [2.05, 4.69) is 26.3 Å². The van der Waals surface area contributed by atoms with Crippen LogP contribution >= 0.6 is 23.2 Å². The molecule has 9 heteroatoms. The van der Waals surface area contributed by atoms with Crippen LogP contribution in [0.1, 0.15) is 61.4 Å². The fourth-order valence-corrected chi connectivity index (χ4v) is 5.10. The third-order valence-corrected chi connectivity index (χ3v) is 7.24. The minimum Gasteiger partial charge on any atom is -0.486 e. The molecule has 4 rings (SSSR count). The number of aliphatic imine (C=N–C) groups is 1. The minimum absolute atomic E-state index is 0.0415. The fraction of sp³-hybridized carbons (Fsp3) is 0.478. The highest BCUT2D eigenvalue weighted by Gasteiger charge is 2.32. The summed E-state index contributed by atoms with van der Waals surface area (Å²) in [5.74, 6) is 0.173. The second-order valence-electron chi connectivity index (χ2n) is 8.55. The molecule has 32 heavy (non-hydrogen) atoms. The first-order valence-corrected chi connectivity index (χ1v) is 11.6. The zero-order chi connectivity index (χ0) is 23.0. The number of halogens is 3. The quantitative estimate of drug-likeness (QED) is 0.572. The van der Waals surface area contributed by atoms with Crippen LogP contribution in [0.3, 0.4) is 0 Å². The van der Waals surface area contributed by atoms with Crippen molar-refractivity contribution in [1.82, 2.24) is 15.1 Å². The van der Waals surface area contributed by atoms with Crippen LogP contribution in [0.2, 0.25) is 10.0 Å². The van der Waals surface area contributed by atoms with Gasteiger partial charge in [-0.25, -0.2) is 9.38 Å². The molecule has 172 valence electrons. The molecule has 2 aliphatic rings. The lowest BCUT2D eigenvalue weighted by atomic mass is 9.86. The molecule has 3 N–H and O–H groups in total. The number of piperidine rings is 1. The number of nitrogens with two attached hydrogens (primary N) is 1. The number of benzene rings is 1. The zero-order valence-corrected chi connectivity index (χ0v) is 19.9. The highest BCUT2D eigenvalue weighted by Crippen LogP contribution is 2.41. The number of nitrogens with zero attached hydrogens (tertiary/aromatic N) is 3. The van der Waals surface area contributed by atoms with Gasteiger partial charge in [0.15, 0.2) is 5.82 Å². The lowest BCUT2D eigenvalue weighted by Crippen LogP contribution is -2.29. The monoisotopic (exact) mass is 479 g/mol. The van der Waals surface area contributed by atoms with Crippen molar-refractivity contribution in [2.24, 2.45) is 16.6 Å². The molecule has 1 aromatic carbocycles. The first kappa shape index (κ1) is 23.1. The summed E-state index contributed by atoms with van der Waals surface area (Å²) in [5.41, 5.74) is 8.24. The van der Waals surface area contributed by atoms with E-state index in [0.29, 0.717) is 33.8 Å². The van der Waals surface area contributed by atoms with E-state index < -0.39 is 11.9 Å². The molecule has 2 aromatic rings. The molecule has 3 atom stereocenters. The van der Waals surface area contributed by atoms with E-state index in [-0.39, 0.29) is 16.9 Å². The van der Waals surface area contributed by atoms with Crippen LogP contribution in [0.4, 0.5) is 4.39 Å². The van der Waals surface area contributed by atoms with Crippen LogP contribution in [-0.2, 0) is 4.74 Å². The summed E-state index contributed by atoms with van der Waals surface area (Å²) in [4.78, 5) is 4.39. The minimum atomic E-state index is -0.605. The summed E-state index contributed by atoms with van der Waals surface area (Å²) in [5, 5.41) is 8.33. The molecule has 0 radical (unpaired) electrons. The van der Waals surface area contributed by atoms with Gasteiger partial charge in [0.1, 0.15) is 17.7 Å². The van der Waals surface area contributed by atoms with Gasteiger partial charge >= 0.3 is 0 Å². The highest BCUT2D eigenvalue weighted by atomic mass is 35.5. The standard InChI is InChI=1S/C23H28Cl2FN5O/c1-12-8-18(26)21(25)19(20(12)24)14(3)32-22-13(2)17(10-29-23(22)27)15-9-30-31(11-15)16-4-6-28-7-5-16/h8-11,13-14,16-17,28H,4-7,27H2,1-3H3. The maximum absolute atomic E-state index is 14.2. The van der Waals surface area contributed by atoms with Gasteiger partial charge in [-0.1, -0.05) is 30.1 Å². The van der Waals surface area contributed by atoms with Gasteiger partial charge in [-0.15, -0.1) is 0 Å². The van der Waals surface area contributed by atoms with E-state index in [0.717, 1.165) is 31.5 Å². The Morgan fingerprint density at radius 3 is 2.72 bits per heavy atom. The predicted molar refractivity (Wildman–Crippen MR) is 126 cm³/mol. The SMILES string of the molecule is Cc1cc(F)c(Cl)c(C(C)OC2=C(N)N=CC(c3cnn(C4CCNCC4)c3)C2C)c1Cl. The van der Waals surface area contributed by atoms with Gasteiger partial charge in [0.2, 0.25) is 0 Å². The van der Waals surface area contributed by atoms with E-state index in [1.165, 1.54) is 6.07 Å². The van der Waals surface area contributed by atoms with E-state index in [9.17, 15) is 4.39 Å². The number of hydrogen-bond donors (Lipinski definition) is 2. The number of aryl methyl sites for hydroxylation is 1. The molecule has 2 aliphatic heterocycles. The van der Waals surface area contributed by atoms with Crippen LogP contribution in [0, 0.1) is 18.7 Å². The number of nitrogens with one attached hydrogen (secondary N) is 1. The van der Waals surface area contributed by atoms with Gasteiger partial charge in [-0.3, -0.25) is 4.68 Å². The van der Waals surface area contributed by atoms with E-state index in [1.807, 2.05) is 19.3 Å². The summed E-state index contributed by atoms with van der Waals surface area (Å²) < 4.78 is 22.5. The van der Waals surface area contributed by atoms with Crippen LogP contribution in [0.5, 0.6) is 0 Å². The number of allylic oxidation sites excluding steroid dienone is 1. The van der Waals surface area contributed by atoms with Gasteiger partial charge in [0, 0.05) is 29.8 Å². The van der Waals surface area contributed by atoms with Crippen LogP contribution in [0.15, 0.2) is 35.0 Å².